The van der Waals surface area contributed by atoms with E-state index in [1.165, 1.54) is 38.9 Å². The van der Waals surface area contributed by atoms with E-state index in [2.05, 4.69) is 11.5 Å². The largest absolute Gasteiger partial charge is 0.327 e. The Balaban J connectivity index is 1.96. The van der Waals surface area contributed by atoms with E-state index in [4.69, 9.17) is 5.73 Å². The number of rotatable bonds is 6. The van der Waals surface area contributed by atoms with Crippen LogP contribution in [0.5, 0.6) is 0 Å². The zero-order valence-electron chi connectivity index (χ0n) is 8.54. The molecule has 0 spiro atoms. The molecule has 0 aromatic rings. The first-order chi connectivity index (χ1) is 6.33. The monoisotopic (exact) mass is 182 g/mol. The maximum Gasteiger partial charge on any atom is 0.00737 e. The maximum absolute atomic E-state index is 5.88. The average Bonchev–Trinajstić information content (AvgIpc) is 2.57. The van der Waals surface area contributed by atoms with Gasteiger partial charge in [-0.05, 0) is 51.7 Å². The Morgan fingerprint density at radius 3 is 2.69 bits per heavy atom. The minimum Gasteiger partial charge on any atom is -0.327 e. The van der Waals surface area contributed by atoms with Crippen molar-refractivity contribution < 1.29 is 0 Å². The van der Waals surface area contributed by atoms with Crippen molar-refractivity contribution in [1.29, 1.82) is 0 Å². The molecular formula is C11H22N2. The first-order valence-electron chi connectivity index (χ1n) is 5.42. The summed E-state index contributed by atoms with van der Waals surface area (Å²) in [7, 11) is 0. The molecule has 1 saturated heterocycles. The lowest BCUT2D eigenvalue weighted by Crippen LogP contribution is -2.24. The van der Waals surface area contributed by atoms with Crippen LogP contribution in [0.3, 0.4) is 0 Å². The molecule has 1 unspecified atom stereocenters. The second-order valence-corrected chi connectivity index (χ2v) is 3.98. The number of likely N-dealkylation sites (tertiary alicyclic amines) is 1. The van der Waals surface area contributed by atoms with Gasteiger partial charge in [0, 0.05) is 6.04 Å². The first-order valence-corrected chi connectivity index (χ1v) is 5.42. The number of nitrogens with two attached hydrogens (primary N) is 1. The summed E-state index contributed by atoms with van der Waals surface area (Å²) in [6.45, 7) is 7.54. The molecule has 0 bridgehead atoms. The fraction of sp³-hybridized carbons (Fsp3) is 0.818. The van der Waals surface area contributed by atoms with Crippen molar-refractivity contribution in [2.45, 2.75) is 38.1 Å². The third kappa shape index (κ3) is 4.44. The SMILES string of the molecule is C=CCC(N)CCCN1CCCC1. The standard InChI is InChI=1S/C11H22N2/c1-2-6-11(12)7-5-10-13-8-3-4-9-13/h2,11H,1,3-10,12H2. The van der Waals surface area contributed by atoms with Crippen LogP contribution >= 0.6 is 0 Å². The molecule has 0 amide bonds. The van der Waals surface area contributed by atoms with E-state index < -0.39 is 0 Å². The van der Waals surface area contributed by atoms with Crippen LogP contribution < -0.4 is 5.73 Å². The van der Waals surface area contributed by atoms with Crippen LogP contribution in [-0.2, 0) is 0 Å². The molecule has 1 heterocycles. The second-order valence-electron chi connectivity index (χ2n) is 3.98. The maximum atomic E-state index is 5.88. The van der Waals surface area contributed by atoms with E-state index in [9.17, 15) is 0 Å². The number of hydrogen-bond acceptors (Lipinski definition) is 2. The Bertz CT molecular complexity index is 139. The van der Waals surface area contributed by atoms with Crippen molar-refractivity contribution in [3.63, 3.8) is 0 Å². The van der Waals surface area contributed by atoms with E-state index in [1.54, 1.807) is 0 Å². The lowest BCUT2D eigenvalue weighted by Gasteiger charge is -2.15. The molecule has 0 radical (unpaired) electrons. The van der Waals surface area contributed by atoms with Gasteiger partial charge >= 0.3 is 0 Å². The van der Waals surface area contributed by atoms with Gasteiger partial charge in [0.2, 0.25) is 0 Å². The molecule has 1 aliphatic rings. The molecule has 2 N–H and O–H groups in total. The Morgan fingerprint density at radius 1 is 1.38 bits per heavy atom. The molecule has 0 saturated carbocycles. The number of hydrogen-bond donors (Lipinski definition) is 1. The molecule has 1 atom stereocenters. The topological polar surface area (TPSA) is 29.3 Å². The minimum atomic E-state index is 0.333. The van der Waals surface area contributed by atoms with Crippen LogP contribution in [0, 0.1) is 0 Å². The Labute approximate surface area is 81.8 Å². The van der Waals surface area contributed by atoms with Gasteiger partial charge in [0.1, 0.15) is 0 Å². The third-order valence-corrected chi connectivity index (χ3v) is 2.72. The highest BCUT2D eigenvalue weighted by Gasteiger charge is 2.10. The molecule has 1 fully saturated rings. The molecule has 13 heavy (non-hydrogen) atoms. The molecule has 2 heteroatoms. The Kier molecular flexibility index (Phi) is 5.09. The normalized spacial score (nSPS) is 20.4. The van der Waals surface area contributed by atoms with Gasteiger partial charge < -0.3 is 10.6 Å². The van der Waals surface area contributed by atoms with Gasteiger partial charge in [-0.3, -0.25) is 0 Å². The average molecular weight is 182 g/mol. The van der Waals surface area contributed by atoms with Crippen LogP contribution in [-0.4, -0.2) is 30.6 Å². The van der Waals surface area contributed by atoms with Crippen molar-refractivity contribution in [2.24, 2.45) is 5.73 Å². The highest BCUT2D eigenvalue weighted by atomic mass is 15.1. The van der Waals surface area contributed by atoms with Crippen molar-refractivity contribution in [1.82, 2.24) is 4.90 Å². The molecular weight excluding hydrogens is 160 g/mol. The predicted octanol–water partition coefficient (Wildman–Crippen LogP) is 1.77. The highest BCUT2D eigenvalue weighted by molar-refractivity contribution is 4.75. The van der Waals surface area contributed by atoms with Crippen LogP contribution in [0.25, 0.3) is 0 Å². The molecule has 2 nitrogen and oxygen atoms in total. The predicted molar refractivity (Wildman–Crippen MR) is 57.7 cm³/mol. The van der Waals surface area contributed by atoms with Gasteiger partial charge in [0.05, 0.1) is 0 Å². The molecule has 1 aliphatic heterocycles. The summed E-state index contributed by atoms with van der Waals surface area (Å²) in [4.78, 5) is 2.54. The zero-order chi connectivity index (χ0) is 9.52. The lowest BCUT2D eigenvalue weighted by molar-refractivity contribution is 0.325. The van der Waals surface area contributed by atoms with Gasteiger partial charge in [0.15, 0.2) is 0 Å². The van der Waals surface area contributed by atoms with Crippen molar-refractivity contribution in [3.05, 3.63) is 12.7 Å². The summed E-state index contributed by atoms with van der Waals surface area (Å²) in [5, 5.41) is 0. The van der Waals surface area contributed by atoms with E-state index >= 15 is 0 Å². The van der Waals surface area contributed by atoms with Crippen molar-refractivity contribution in [3.8, 4) is 0 Å². The Morgan fingerprint density at radius 2 is 2.08 bits per heavy atom. The fourth-order valence-electron chi connectivity index (χ4n) is 1.92. The lowest BCUT2D eigenvalue weighted by atomic mass is 10.1. The van der Waals surface area contributed by atoms with Crippen molar-refractivity contribution in [2.75, 3.05) is 19.6 Å². The van der Waals surface area contributed by atoms with E-state index in [0.29, 0.717) is 6.04 Å². The van der Waals surface area contributed by atoms with Gasteiger partial charge in [-0.1, -0.05) is 6.08 Å². The third-order valence-electron chi connectivity index (χ3n) is 2.72. The summed E-state index contributed by atoms with van der Waals surface area (Å²) in [6.07, 6.45) is 8.04. The Hall–Kier alpha value is -0.340. The summed E-state index contributed by atoms with van der Waals surface area (Å²) in [5.74, 6) is 0. The summed E-state index contributed by atoms with van der Waals surface area (Å²) >= 11 is 0. The first kappa shape index (κ1) is 10.7. The molecule has 0 aliphatic carbocycles. The van der Waals surface area contributed by atoms with Gasteiger partial charge in [-0.25, -0.2) is 0 Å². The quantitative estimate of drug-likeness (QED) is 0.634. The van der Waals surface area contributed by atoms with Gasteiger partial charge in [-0.2, -0.15) is 0 Å². The molecule has 0 aromatic heterocycles. The summed E-state index contributed by atoms with van der Waals surface area (Å²) in [5.41, 5.74) is 5.88. The molecule has 76 valence electrons. The minimum absolute atomic E-state index is 0.333. The van der Waals surface area contributed by atoms with Gasteiger partial charge in [-0.15, -0.1) is 6.58 Å². The smallest absolute Gasteiger partial charge is 0.00737 e. The molecule has 1 rings (SSSR count). The fourth-order valence-corrected chi connectivity index (χ4v) is 1.92. The van der Waals surface area contributed by atoms with E-state index in [0.717, 1.165) is 12.8 Å². The van der Waals surface area contributed by atoms with Crippen LogP contribution in [0.2, 0.25) is 0 Å². The van der Waals surface area contributed by atoms with Crippen LogP contribution in [0.15, 0.2) is 12.7 Å². The zero-order valence-corrected chi connectivity index (χ0v) is 8.54. The van der Waals surface area contributed by atoms with Gasteiger partial charge in [0.25, 0.3) is 0 Å². The van der Waals surface area contributed by atoms with Crippen LogP contribution in [0.1, 0.15) is 32.1 Å². The summed E-state index contributed by atoms with van der Waals surface area (Å²) in [6, 6.07) is 0.333. The van der Waals surface area contributed by atoms with Crippen LogP contribution in [0.4, 0.5) is 0 Å². The van der Waals surface area contributed by atoms with E-state index in [-0.39, 0.29) is 0 Å². The molecule has 0 aromatic carbocycles. The van der Waals surface area contributed by atoms with E-state index in [1.807, 2.05) is 6.08 Å². The van der Waals surface area contributed by atoms with Crippen molar-refractivity contribution >= 4 is 0 Å². The highest BCUT2D eigenvalue weighted by Crippen LogP contribution is 2.09. The summed E-state index contributed by atoms with van der Waals surface area (Å²) < 4.78 is 0. The second kappa shape index (κ2) is 6.17. The number of nitrogens with zero attached hydrogens (tertiary/aromatic N) is 1.